The zero-order valence-corrected chi connectivity index (χ0v) is 31.2. The van der Waals surface area contributed by atoms with Gasteiger partial charge in [0.05, 0.1) is 16.8 Å². The standard InChI is InChI=1S/C52H34N2OS/c1-3-14-36(15-4-1)53(47-22-13-24-49-52(47)45-21-9-11-23-48(45)55-49)38-28-26-35(27-29-38)40-32-33-46(42-19-8-7-18-41(40)42)54(37-16-5-2-6-17-37)39-30-31-44-43-20-10-12-25-50(43)56-51(44)34-39/h1-34H. The van der Waals surface area contributed by atoms with E-state index in [9.17, 15) is 0 Å². The Morgan fingerprint density at radius 3 is 1.68 bits per heavy atom. The van der Waals surface area contributed by atoms with Crippen LogP contribution in [0.5, 0.6) is 0 Å². The summed E-state index contributed by atoms with van der Waals surface area (Å²) in [4.78, 5) is 4.73. The Morgan fingerprint density at radius 2 is 0.911 bits per heavy atom. The van der Waals surface area contributed by atoms with Crippen LogP contribution in [0.25, 0.3) is 64.0 Å². The van der Waals surface area contributed by atoms with E-state index in [2.05, 4.69) is 204 Å². The number of para-hydroxylation sites is 3. The second kappa shape index (κ2) is 13.3. The Morgan fingerprint density at radius 1 is 0.339 bits per heavy atom. The fourth-order valence-electron chi connectivity index (χ4n) is 8.32. The highest BCUT2D eigenvalue weighted by Crippen LogP contribution is 2.46. The molecule has 0 saturated carbocycles. The topological polar surface area (TPSA) is 19.6 Å². The van der Waals surface area contributed by atoms with Crippen molar-refractivity contribution in [2.75, 3.05) is 9.80 Å². The highest BCUT2D eigenvalue weighted by Gasteiger charge is 2.21. The second-order valence-electron chi connectivity index (χ2n) is 14.1. The number of benzene rings is 9. The number of fused-ring (bicyclic) bond motifs is 7. The molecule has 0 aliphatic carbocycles. The number of hydrogen-bond acceptors (Lipinski definition) is 4. The van der Waals surface area contributed by atoms with Crippen molar-refractivity contribution in [3.05, 3.63) is 206 Å². The van der Waals surface area contributed by atoms with E-state index in [1.165, 1.54) is 36.5 Å². The normalized spacial score (nSPS) is 11.6. The van der Waals surface area contributed by atoms with Crippen molar-refractivity contribution >= 4 is 98.3 Å². The molecule has 11 aromatic rings. The molecule has 0 saturated heterocycles. The summed E-state index contributed by atoms with van der Waals surface area (Å²) in [5.41, 5.74) is 10.8. The molecule has 56 heavy (non-hydrogen) atoms. The molecule has 0 amide bonds. The molecule has 2 aromatic heterocycles. The van der Waals surface area contributed by atoms with Gasteiger partial charge in [0, 0.05) is 53.7 Å². The van der Waals surface area contributed by atoms with Crippen molar-refractivity contribution in [2.45, 2.75) is 0 Å². The lowest BCUT2D eigenvalue weighted by Gasteiger charge is -2.28. The van der Waals surface area contributed by atoms with Crippen molar-refractivity contribution in [1.29, 1.82) is 0 Å². The molecule has 0 atom stereocenters. The van der Waals surface area contributed by atoms with Crippen LogP contribution in [0, 0.1) is 0 Å². The Hall–Kier alpha value is -7.14. The van der Waals surface area contributed by atoms with Gasteiger partial charge in [0.15, 0.2) is 0 Å². The Labute approximate surface area is 328 Å². The van der Waals surface area contributed by atoms with Crippen molar-refractivity contribution < 1.29 is 4.42 Å². The summed E-state index contributed by atoms with van der Waals surface area (Å²) in [5, 5.41) is 7.22. The molecule has 3 nitrogen and oxygen atoms in total. The molecule has 0 fully saturated rings. The van der Waals surface area contributed by atoms with Crippen LogP contribution in [0.2, 0.25) is 0 Å². The largest absolute Gasteiger partial charge is 0.456 e. The zero-order chi connectivity index (χ0) is 37.0. The minimum atomic E-state index is 0.876. The maximum Gasteiger partial charge on any atom is 0.137 e. The molecule has 2 heterocycles. The summed E-state index contributed by atoms with van der Waals surface area (Å²) in [6.45, 7) is 0. The van der Waals surface area contributed by atoms with Crippen LogP contribution < -0.4 is 9.80 Å². The number of rotatable bonds is 7. The predicted molar refractivity (Wildman–Crippen MR) is 239 cm³/mol. The molecule has 9 aromatic carbocycles. The molecule has 0 aliphatic rings. The zero-order valence-electron chi connectivity index (χ0n) is 30.3. The van der Waals surface area contributed by atoms with Gasteiger partial charge in [-0.05, 0) is 95.4 Å². The van der Waals surface area contributed by atoms with E-state index in [-0.39, 0.29) is 0 Å². The Bertz CT molecular complexity index is 3200. The van der Waals surface area contributed by atoms with Gasteiger partial charge in [-0.25, -0.2) is 0 Å². The summed E-state index contributed by atoms with van der Waals surface area (Å²) in [6.07, 6.45) is 0. The van der Waals surface area contributed by atoms with Crippen LogP contribution in [0.3, 0.4) is 0 Å². The number of furan rings is 1. The van der Waals surface area contributed by atoms with Gasteiger partial charge in [-0.15, -0.1) is 11.3 Å². The molecule has 0 N–H and O–H groups in total. The van der Waals surface area contributed by atoms with Gasteiger partial charge in [0.1, 0.15) is 11.2 Å². The predicted octanol–water partition coefficient (Wildman–Crippen LogP) is 15.7. The van der Waals surface area contributed by atoms with Gasteiger partial charge >= 0.3 is 0 Å². The van der Waals surface area contributed by atoms with Gasteiger partial charge in [-0.3, -0.25) is 0 Å². The molecule has 4 heteroatoms. The highest BCUT2D eigenvalue weighted by molar-refractivity contribution is 7.25. The summed E-state index contributed by atoms with van der Waals surface area (Å²) in [6, 6.07) is 73.9. The SMILES string of the molecule is c1ccc(N(c2ccc3c(c2)sc2ccccc23)c2ccc(-c3ccc(N(c4ccccc4)c4cccc5oc6ccccc6c45)cc3)c3ccccc23)cc1. The number of thiophene rings is 1. The third-order valence-electron chi connectivity index (χ3n) is 10.8. The Balaban J connectivity index is 1.03. The van der Waals surface area contributed by atoms with E-state index in [1.54, 1.807) is 0 Å². The van der Waals surface area contributed by atoms with Crippen LogP contribution in [-0.4, -0.2) is 0 Å². The number of hydrogen-bond donors (Lipinski definition) is 0. The maximum absolute atomic E-state index is 6.32. The van der Waals surface area contributed by atoms with Gasteiger partial charge in [-0.1, -0.05) is 127 Å². The fourth-order valence-corrected chi connectivity index (χ4v) is 9.46. The first-order chi connectivity index (χ1) is 27.8. The van der Waals surface area contributed by atoms with Gasteiger partial charge in [-0.2, -0.15) is 0 Å². The molecule has 0 radical (unpaired) electrons. The molecular formula is C52H34N2OS. The number of nitrogens with zero attached hydrogens (tertiary/aromatic N) is 2. The van der Waals surface area contributed by atoms with Gasteiger partial charge < -0.3 is 14.2 Å². The summed E-state index contributed by atoms with van der Waals surface area (Å²) >= 11 is 1.85. The molecule has 0 spiro atoms. The molecule has 11 rings (SSSR count). The molecule has 264 valence electrons. The molecular weight excluding hydrogens is 701 g/mol. The third-order valence-corrected chi connectivity index (χ3v) is 12.0. The second-order valence-corrected chi connectivity index (χ2v) is 15.2. The van der Waals surface area contributed by atoms with E-state index >= 15 is 0 Å². The summed E-state index contributed by atoms with van der Waals surface area (Å²) in [7, 11) is 0. The lowest BCUT2D eigenvalue weighted by Crippen LogP contribution is -2.10. The lowest BCUT2D eigenvalue weighted by molar-refractivity contribution is 0.669. The molecule has 0 unspecified atom stereocenters. The first kappa shape index (κ1) is 32.3. The van der Waals surface area contributed by atoms with E-state index in [4.69, 9.17) is 4.42 Å². The van der Waals surface area contributed by atoms with Gasteiger partial charge in [0.2, 0.25) is 0 Å². The van der Waals surface area contributed by atoms with Crippen LogP contribution in [0.15, 0.2) is 211 Å². The Kier molecular flexibility index (Phi) is 7.68. The fraction of sp³-hybridized carbons (Fsp3) is 0. The minimum Gasteiger partial charge on any atom is -0.456 e. The average molecular weight is 735 g/mol. The minimum absolute atomic E-state index is 0.876. The van der Waals surface area contributed by atoms with Crippen molar-refractivity contribution in [2.24, 2.45) is 0 Å². The van der Waals surface area contributed by atoms with E-state index in [0.717, 1.165) is 61.6 Å². The quantitative estimate of drug-likeness (QED) is 0.163. The summed E-state index contributed by atoms with van der Waals surface area (Å²) in [5.74, 6) is 0. The molecule has 0 aliphatic heterocycles. The maximum atomic E-state index is 6.32. The monoisotopic (exact) mass is 734 g/mol. The van der Waals surface area contributed by atoms with Crippen molar-refractivity contribution in [3.8, 4) is 11.1 Å². The van der Waals surface area contributed by atoms with Gasteiger partial charge in [0.25, 0.3) is 0 Å². The third kappa shape index (κ3) is 5.34. The lowest BCUT2D eigenvalue weighted by atomic mass is 9.96. The number of anilines is 6. The summed E-state index contributed by atoms with van der Waals surface area (Å²) < 4.78 is 8.91. The van der Waals surface area contributed by atoms with Crippen molar-refractivity contribution in [3.63, 3.8) is 0 Å². The van der Waals surface area contributed by atoms with Crippen molar-refractivity contribution in [1.82, 2.24) is 0 Å². The molecule has 0 bridgehead atoms. The van der Waals surface area contributed by atoms with E-state index in [0.29, 0.717) is 0 Å². The van der Waals surface area contributed by atoms with E-state index < -0.39 is 0 Å². The first-order valence-electron chi connectivity index (χ1n) is 18.9. The van der Waals surface area contributed by atoms with E-state index in [1.807, 2.05) is 23.5 Å². The average Bonchev–Trinajstić information content (AvgIpc) is 3.84. The first-order valence-corrected chi connectivity index (χ1v) is 19.7. The van der Waals surface area contributed by atoms with Crippen LogP contribution in [-0.2, 0) is 0 Å². The van der Waals surface area contributed by atoms with Crippen LogP contribution >= 0.6 is 11.3 Å². The van der Waals surface area contributed by atoms with Crippen LogP contribution in [0.1, 0.15) is 0 Å². The highest BCUT2D eigenvalue weighted by atomic mass is 32.1. The van der Waals surface area contributed by atoms with Crippen LogP contribution in [0.4, 0.5) is 34.1 Å². The smallest absolute Gasteiger partial charge is 0.137 e.